The van der Waals surface area contributed by atoms with Gasteiger partial charge in [0.2, 0.25) is 5.13 Å². The van der Waals surface area contributed by atoms with Gasteiger partial charge in [-0.1, -0.05) is 29.5 Å². The van der Waals surface area contributed by atoms with E-state index in [0.29, 0.717) is 12.8 Å². The van der Waals surface area contributed by atoms with Gasteiger partial charge < -0.3 is 5.11 Å². The fourth-order valence-corrected chi connectivity index (χ4v) is 3.47. The third kappa shape index (κ3) is 2.22. The highest BCUT2D eigenvalue weighted by Gasteiger charge is 2.49. The molecular formula is C16H12FN3O3S. The first-order chi connectivity index (χ1) is 11.6. The summed E-state index contributed by atoms with van der Waals surface area (Å²) in [4.78, 5) is 26.3. The van der Waals surface area contributed by atoms with E-state index in [1.54, 1.807) is 6.07 Å². The topological polar surface area (TPSA) is 83.4 Å². The van der Waals surface area contributed by atoms with Crippen molar-refractivity contribution in [3.63, 3.8) is 0 Å². The van der Waals surface area contributed by atoms with Gasteiger partial charge in [0.05, 0.1) is 5.57 Å². The van der Waals surface area contributed by atoms with Gasteiger partial charge in [-0.05, 0) is 18.9 Å². The number of aromatic nitrogens is 2. The fraction of sp³-hybridized carbons (Fsp3) is 0.250. The molecule has 1 saturated carbocycles. The van der Waals surface area contributed by atoms with Crippen molar-refractivity contribution in [1.82, 2.24) is 10.2 Å². The molecule has 1 aliphatic carbocycles. The van der Waals surface area contributed by atoms with Gasteiger partial charge in [-0.25, -0.2) is 4.39 Å². The van der Waals surface area contributed by atoms with Crippen LogP contribution in [0.1, 0.15) is 24.4 Å². The summed E-state index contributed by atoms with van der Waals surface area (Å²) in [5, 5.41) is 18.0. The summed E-state index contributed by atoms with van der Waals surface area (Å²) in [5.41, 5.74) is 1.52. The predicted molar refractivity (Wildman–Crippen MR) is 83.9 cm³/mol. The highest BCUT2D eigenvalue weighted by atomic mass is 32.1. The lowest BCUT2D eigenvalue weighted by atomic mass is 9.94. The molecule has 24 heavy (non-hydrogen) atoms. The molecule has 1 unspecified atom stereocenters. The number of benzene rings is 1. The molecule has 0 saturated heterocycles. The number of aliphatic hydroxyl groups excluding tert-OH is 1. The molecule has 0 spiro atoms. The molecule has 2 aliphatic rings. The largest absolute Gasteiger partial charge is 0.503 e. The van der Waals surface area contributed by atoms with Gasteiger partial charge in [0, 0.05) is 11.5 Å². The van der Waals surface area contributed by atoms with Crippen LogP contribution in [0.5, 0.6) is 0 Å². The second-order valence-electron chi connectivity index (χ2n) is 5.72. The van der Waals surface area contributed by atoms with E-state index in [4.69, 9.17) is 0 Å². The van der Waals surface area contributed by atoms with Crippen molar-refractivity contribution in [2.45, 2.75) is 18.9 Å². The maximum Gasteiger partial charge on any atom is 0.296 e. The van der Waals surface area contributed by atoms with Crippen molar-refractivity contribution in [1.29, 1.82) is 0 Å². The zero-order valence-electron chi connectivity index (χ0n) is 12.3. The normalized spacial score (nSPS) is 20.8. The van der Waals surface area contributed by atoms with Crippen LogP contribution in [0.4, 0.5) is 9.52 Å². The molecule has 0 bridgehead atoms. The number of halogens is 1. The van der Waals surface area contributed by atoms with Gasteiger partial charge in [0.15, 0.2) is 11.5 Å². The first-order valence-corrected chi connectivity index (χ1v) is 8.29. The number of anilines is 1. The van der Waals surface area contributed by atoms with Crippen LogP contribution in [0.25, 0.3) is 0 Å². The minimum absolute atomic E-state index is 0.0530. The standard InChI is InChI=1S/C16H12FN3O3S/c17-10-4-2-1-3-9(10)12-11(13(21)8-5-6-8)14(22)15(23)20(12)16-19-18-7-24-16/h1-4,7-8,12,22H,5-6H2. The molecular weight excluding hydrogens is 333 g/mol. The maximum atomic E-state index is 14.4. The van der Waals surface area contributed by atoms with Gasteiger partial charge >= 0.3 is 0 Å². The van der Waals surface area contributed by atoms with Crippen molar-refractivity contribution in [2.24, 2.45) is 5.92 Å². The summed E-state index contributed by atoms with van der Waals surface area (Å²) in [7, 11) is 0. The average Bonchev–Trinajstić information content (AvgIpc) is 3.23. The molecule has 2 aromatic rings. The Labute approximate surface area is 140 Å². The summed E-state index contributed by atoms with van der Waals surface area (Å²) in [6.07, 6.45) is 1.43. The lowest BCUT2D eigenvalue weighted by Crippen LogP contribution is -2.31. The van der Waals surface area contributed by atoms with Gasteiger partial charge in [0.1, 0.15) is 17.4 Å². The van der Waals surface area contributed by atoms with E-state index in [1.807, 2.05) is 0 Å². The summed E-state index contributed by atoms with van der Waals surface area (Å²) in [6.45, 7) is 0. The Morgan fingerprint density at radius 2 is 2.08 bits per heavy atom. The molecule has 1 N–H and O–H groups in total. The van der Waals surface area contributed by atoms with Gasteiger partial charge in [-0.3, -0.25) is 14.5 Å². The molecule has 1 amide bonds. The summed E-state index contributed by atoms with van der Waals surface area (Å²) < 4.78 is 14.4. The Hall–Kier alpha value is -2.61. The number of nitrogens with zero attached hydrogens (tertiary/aromatic N) is 3. The van der Waals surface area contributed by atoms with E-state index in [1.165, 1.54) is 23.7 Å². The van der Waals surface area contributed by atoms with E-state index < -0.39 is 23.5 Å². The lowest BCUT2D eigenvalue weighted by molar-refractivity contribution is -0.118. The minimum Gasteiger partial charge on any atom is -0.503 e. The fourth-order valence-electron chi connectivity index (χ4n) is 2.88. The predicted octanol–water partition coefficient (Wildman–Crippen LogP) is 2.56. The number of hydrogen-bond acceptors (Lipinski definition) is 6. The lowest BCUT2D eigenvalue weighted by Gasteiger charge is -2.24. The third-order valence-electron chi connectivity index (χ3n) is 4.18. The van der Waals surface area contributed by atoms with Crippen LogP contribution < -0.4 is 4.90 Å². The van der Waals surface area contributed by atoms with Crippen molar-refractivity contribution in [2.75, 3.05) is 4.90 Å². The first-order valence-electron chi connectivity index (χ1n) is 7.41. The molecule has 6 nitrogen and oxygen atoms in total. The van der Waals surface area contributed by atoms with Crippen molar-refractivity contribution < 1.29 is 19.1 Å². The van der Waals surface area contributed by atoms with Crippen LogP contribution in [-0.4, -0.2) is 27.0 Å². The Balaban J connectivity index is 1.89. The maximum absolute atomic E-state index is 14.4. The van der Waals surface area contributed by atoms with E-state index in [0.717, 1.165) is 16.2 Å². The van der Waals surface area contributed by atoms with Crippen LogP contribution >= 0.6 is 11.3 Å². The Kier molecular flexibility index (Phi) is 3.42. The molecule has 2 heterocycles. The zero-order valence-corrected chi connectivity index (χ0v) is 13.2. The molecule has 1 fully saturated rings. The van der Waals surface area contributed by atoms with E-state index >= 15 is 0 Å². The highest BCUT2D eigenvalue weighted by Crippen LogP contribution is 2.45. The summed E-state index contributed by atoms with van der Waals surface area (Å²) in [6, 6.07) is 4.87. The number of aliphatic hydroxyl groups is 1. The summed E-state index contributed by atoms with van der Waals surface area (Å²) in [5.74, 6) is -2.46. The Bertz CT molecular complexity index is 861. The second-order valence-corrected chi connectivity index (χ2v) is 6.53. The molecule has 8 heteroatoms. The quantitative estimate of drug-likeness (QED) is 0.921. The van der Waals surface area contributed by atoms with Crippen molar-refractivity contribution in [3.8, 4) is 0 Å². The van der Waals surface area contributed by atoms with Crippen LogP contribution in [0.3, 0.4) is 0 Å². The monoisotopic (exact) mass is 345 g/mol. The minimum atomic E-state index is -1.03. The van der Waals surface area contributed by atoms with Crippen LogP contribution in [0.15, 0.2) is 41.1 Å². The molecule has 0 radical (unpaired) electrons. The smallest absolute Gasteiger partial charge is 0.296 e. The number of Topliss-reactive ketones (excluding diaryl/α,β-unsaturated/α-hetero) is 1. The van der Waals surface area contributed by atoms with Crippen LogP contribution in [0.2, 0.25) is 0 Å². The molecule has 1 aromatic heterocycles. The SMILES string of the molecule is O=C(C1=C(O)C(=O)N(c2nncs2)C1c1ccccc1F)C1CC1. The number of hydrogen-bond donors (Lipinski definition) is 1. The molecule has 1 aliphatic heterocycles. The second kappa shape index (κ2) is 5.48. The molecule has 1 aromatic carbocycles. The zero-order chi connectivity index (χ0) is 16.8. The molecule has 122 valence electrons. The Morgan fingerprint density at radius 3 is 2.71 bits per heavy atom. The third-order valence-corrected chi connectivity index (χ3v) is 4.87. The number of ketones is 1. The van der Waals surface area contributed by atoms with E-state index in [-0.39, 0.29) is 28.0 Å². The van der Waals surface area contributed by atoms with Gasteiger partial charge in [0.25, 0.3) is 5.91 Å². The van der Waals surface area contributed by atoms with Gasteiger partial charge in [-0.15, -0.1) is 10.2 Å². The Morgan fingerprint density at radius 1 is 1.33 bits per heavy atom. The highest BCUT2D eigenvalue weighted by molar-refractivity contribution is 7.13. The number of rotatable bonds is 4. The van der Waals surface area contributed by atoms with Gasteiger partial charge in [-0.2, -0.15) is 0 Å². The van der Waals surface area contributed by atoms with E-state index in [2.05, 4.69) is 10.2 Å². The molecule has 4 rings (SSSR count). The first kappa shape index (κ1) is 14.9. The molecule has 1 atom stereocenters. The number of carbonyl (C=O) groups excluding carboxylic acids is 2. The van der Waals surface area contributed by atoms with Crippen LogP contribution in [0, 0.1) is 11.7 Å². The van der Waals surface area contributed by atoms with E-state index in [9.17, 15) is 19.1 Å². The number of carbonyl (C=O) groups is 2. The average molecular weight is 345 g/mol. The van der Waals surface area contributed by atoms with Crippen molar-refractivity contribution in [3.05, 3.63) is 52.5 Å². The van der Waals surface area contributed by atoms with Crippen molar-refractivity contribution >= 4 is 28.2 Å². The number of amides is 1. The summed E-state index contributed by atoms with van der Waals surface area (Å²) >= 11 is 1.08. The van der Waals surface area contributed by atoms with Crippen LogP contribution in [-0.2, 0) is 9.59 Å².